The van der Waals surface area contributed by atoms with Gasteiger partial charge in [0.05, 0.1) is 0 Å². The van der Waals surface area contributed by atoms with E-state index in [-0.39, 0.29) is 11.2 Å². The van der Waals surface area contributed by atoms with E-state index in [2.05, 4.69) is 39.7 Å². The molecule has 1 N–H and O–H groups in total. The van der Waals surface area contributed by atoms with Gasteiger partial charge in [-0.25, -0.2) is 13.1 Å². The van der Waals surface area contributed by atoms with Crippen molar-refractivity contribution in [2.45, 2.75) is 32.4 Å². The quantitative estimate of drug-likeness (QED) is 0.864. The predicted octanol–water partition coefficient (Wildman–Crippen LogP) is 2.29. The van der Waals surface area contributed by atoms with Crippen LogP contribution in [0.2, 0.25) is 0 Å². The molecule has 0 bridgehead atoms. The lowest BCUT2D eigenvalue weighted by atomic mass is 9.93. The lowest BCUT2D eigenvalue weighted by molar-refractivity contribution is 0.356. The summed E-state index contributed by atoms with van der Waals surface area (Å²) in [6.45, 7) is 4.78. The fraction of sp³-hybridized carbons (Fsp3) is 0.727. The van der Waals surface area contributed by atoms with Crippen molar-refractivity contribution in [3.8, 4) is 0 Å². The molecule has 1 aromatic rings. The van der Waals surface area contributed by atoms with Gasteiger partial charge in [0.1, 0.15) is 10.4 Å². The van der Waals surface area contributed by atoms with Crippen molar-refractivity contribution in [2.24, 2.45) is 11.3 Å². The fourth-order valence-electron chi connectivity index (χ4n) is 1.97. The molecule has 1 saturated carbocycles. The van der Waals surface area contributed by atoms with E-state index in [9.17, 15) is 8.42 Å². The molecule has 0 radical (unpaired) electrons. The Morgan fingerprint density at radius 3 is 2.67 bits per heavy atom. The van der Waals surface area contributed by atoms with Gasteiger partial charge in [0.25, 0.3) is 0 Å². The van der Waals surface area contributed by atoms with Crippen molar-refractivity contribution in [1.29, 1.82) is 0 Å². The number of nitrogens with one attached hydrogen (secondary N) is 1. The van der Waals surface area contributed by atoms with Crippen LogP contribution < -0.4 is 4.72 Å². The Morgan fingerprint density at radius 2 is 2.22 bits per heavy atom. The van der Waals surface area contributed by atoms with Crippen LogP contribution >= 0.6 is 15.9 Å². The van der Waals surface area contributed by atoms with Gasteiger partial charge in [0, 0.05) is 12.6 Å². The van der Waals surface area contributed by atoms with Crippen molar-refractivity contribution < 1.29 is 12.9 Å². The number of hydrogen-bond donors (Lipinski definition) is 1. The van der Waals surface area contributed by atoms with Gasteiger partial charge in [-0.15, -0.1) is 0 Å². The van der Waals surface area contributed by atoms with Crippen LogP contribution in [0.3, 0.4) is 0 Å². The monoisotopic (exact) mass is 336 g/mol. The second-order valence-electron chi connectivity index (χ2n) is 5.21. The molecule has 5 nitrogen and oxygen atoms in total. The molecule has 2 rings (SSSR count). The summed E-state index contributed by atoms with van der Waals surface area (Å²) in [5, 5.41) is 3.60. The molecule has 102 valence electrons. The molecular weight excluding hydrogens is 320 g/mol. The minimum atomic E-state index is -3.35. The van der Waals surface area contributed by atoms with Gasteiger partial charge in [-0.1, -0.05) is 19.0 Å². The Labute approximate surface area is 115 Å². The first-order valence-electron chi connectivity index (χ1n) is 5.91. The van der Waals surface area contributed by atoms with Crippen LogP contribution in [0.4, 0.5) is 0 Å². The van der Waals surface area contributed by atoms with Crippen LogP contribution in [0.25, 0.3) is 0 Å². The SMILES string of the molecule is CC(C)C1(CNS(=O)(=O)Cc2cc(Br)no2)CC1. The van der Waals surface area contributed by atoms with Gasteiger partial charge in [-0.2, -0.15) is 0 Å². The number of halogens is 1. The third-order valence-electron chi connectivity index (χ3n) is 3.62. The third-order valence-corrected chi connectivity index (χ3v) is 5.25. The number of hydrogen-bond acceptors (Lipinski definition) is 4. The summed E-state index contributed by atoms with van der Waals surface area (Å²) in [4.78, 5) is 0. The van der Waals surface area contributed by atoms with Gasteiger partial charge in [0.2, 0.25) is 10.0 Å². The molecule has 1 aromatic heterocycles. The first kappa shape index (κ1) is 14.0. The summed E-state index contributed by atoms with van der Waals surface area (Å²) in [6, 6.07) is 1.56. The van der Waals surface area contributed by atoms with Crippen LogP contribution in [0.1, 0.15) is 32.4 Å². The second kappa shape index (κ2) is 4.94. The Morgan fingerprint density at radius 1 is 1.56 bits per heavy atom. The molecule has 0 amide bonds. The zero-order chi connectivity index (χ0) is 13.4. The first-order chi connectivity index (χ1) is 8.33. The Bertz CT molecular complexity index is 520. The van der Waals surface area contributed by atoms with Crippen molar-refractivity contribution >= 4 is 26.0 Å². The van der Waals surface area contributed by atoms with E-state index < -0.39 is 10.0 Å². The molecular formula is C11H17BrN2O3S. The average Bonchev–Trinajstić information content (AvgIpc) is 2.96. The Hall–Kier alpha value is -0.400. The summed E-state index contributed by atoms with van der Waals surface area (Å²) in [5.41, 5.74) is 0.162. The third kappa shape index (κ3) is 3.33. The van der Waals surface area contributed by atoms with Gasteiger partial charge < -0.3 is 4.52 Å². The maximum absolute atomic E-state index is 11.9. The van der Waals surface area contributed by atoms with E-state index in [0.717, 1.165) is 12.8 Å². The highest BCUT2D eigenvalue weighted by atomic mass is 79.9. The molecule has 1 aliphatic carbocycles. The van der Waals surface area contributed by atoms with E-state index in [1.807, 2.05) is 0 Å². The van der Waals surface area contributed by atoms with E-state index in [1.165, 1.54) is 0 Å². The zero-order valence-corrected chi connectivity index (χ0v) is 12.8. The standard InChI is InChI=1S/C11H17BrN2O3S/c1-8(2)11(3-4-11)7-13-18(15,16)6-9-5-10(12)14-17-9/h5,8,13H,3-4,6-7H2,1-2H3. The van der Waals surface area contributed by atoms with Crippen molar-refractivity contribution in [2.75, 3.05) is 6.54 Å². The lowest BCUT2D eigenvalue weighted by Gasteiger charge is -2.19. The normalized spacial score (nSPS) is 18.2. The second-order valence-corrected chi connectivity index (χ2v) is 7.83. The van der Waals surface area contributed by atoms with Gasteiger partial charge in [0.15, 0.2) is 5.76 Å². The number of rotatable bonds is 6. The first-order valence-corrected chi connectivity index (χ1v) is 8.36. The highest BCUT2D eigenvalue weighted by molar-refractivity contribution is 9.10. The predicted molar refractivity (Wildman–Crippen MR) is 71.3 cm³/mol. The summed E-state index contributed by atoms with van der Waals surface area (Å²) >= 11 is 3.12. The van der Waals surface area contributed by atoms with Crippen LogP contribution in [-0.4, -0.2) is 20.1 Å². The molecule has 18 heavy (non-hydrogen) atoms. The maximum Gasteiger partial charge on any atom is 0.219 e. The summed E-state index contributed by atoms with van der Waals surface area (Å²) in [5.74, 6) is 0.670. The Kier molecular flexibility index (Phi) is 3.85. The van der Waals surface area contributed by atoms with Crippen LogP contribution in [-0.2, 0) is 15.8 Å². The van der Waals surface area contributed by atoms with E-state index in [1.54, 1.807) is 6.07 Å². The largest absolute Gasteiger partial charge is 0.359 e. The van der Waals surface area contributed by atoms with E-state index in [4.69, 9.17) is 4.52 Å². The van der Waals surface area contributed by atoms with Gasteiger partial charge >= 0.3 is 0 Å². The van der Waals surface area contributed by atoms with Crippen LogP contribution in [0, 0.1) is 11.3 Å². The van der Waals surface area contributed by atoms with E-state index >= 15 is 0 Å². The average molecular weight is 337 g/mol. The minimum absolute atomic E-state index is 0.162. The highest BCUT2D eigenvalue weighted by Crippen LogP contribution is 2.51. The Balaban J connectivity index is 1.92. The van der Waals surface area contributed by atoms with Crippen LogP contribution in [0.5, 0.6) is 0 Å². The van der Waals surface area contributed by atoms with Crippen LogP contribution in [0.15, 0.2) is 15.2 Å². The van der Waals surface area contributed by atoms with Crippen molar-refractivity contribution in [3.05, 3.63) is 16.4 Å². The smallest absolute Gasteiger partial charge is 0.219 e. The topological polar surface area (TPSA) is 72.2 Å². The van der Waals surface area contributed by atoms with Crippen molar-refractivity contribution in [3.63, 3.8) is 0 Å². The summed E-state index contributed by atoms with van der Waals surface area (Å²) in [7, 11) is -3.35. The van der Waals surface area contributed by atoms with Gasteiger partial charge in [-0.3, -0.25) is 0 Å². The van der Waals surface area contributed by atoms with Crippen molar-refractivity contribution in [1.82, 2.24) is 9.88 Å². The number of aromatic nitrogens is 1. The molecule has 0 unspecified atom stereocenters. The lowest BCUT2D eigenvalue weighted by Crippen LogP contribution is -2.33. The number of sulfonamides is 1. The molecule has 1 heterocycles. The molecule has 1 aliphatic rings. The zero-order valence-electron chi connectivity index (χ0n) is 10.4. The molecule has 0 atom stereocenters. The molecule has 1 fully saturated rings. The van der Waals surface area contributed by atoms with E-state index in [0.29, 0.717) is 22.8 Å². The van der Waals surface area contributed by atoms with Gasteiger partial charge in [-0.05, 0) is 40.1 Å². The molecule has 0 spiro atoms. The molecule has 7 heteroatoms. The highest BCUT2D eigenvalue weighted by Gasteiger charge is 2.45. The summed E-state index contributed by atoms with van der Waals surface area (Å²) < 4.78 is 31.8. The minimum Gasteiger partial charge on any atom is -0.359 e. The summed E-state index contributed by atoms with van der Waals surface area (Å²) in [6.07, 6.45) is 2.20. The number of nitrogens with zero attached hydrogens (tertiary/aromatic N) is 1. The molecule has 0 aromatic carbocycles. The molecule has 0 aliphatic heterocycles. The fourth-order valence-corrected chi connectivity index (χ4v) is 3.41. The maximum atomic E-state index is 11.9. The molecule has 0 saturated heterocycles.